The molecule has 0 bridgehead atoms. The summed E-state index contributed by atoms with van der Waals surface area (Å²) in [6.45, 7) is 12.6. The van der Waals surface area contributed by atoms with Crippen molar-refractivity contribution < 1.29 is 13.2 Å². The molecular weight excluding hydrogens is 419 g/mol. The van der Waals surface area contributed by atoms with Crippen molar-refractivity contribution in [2.24, 2.45) is 4.99 Å². The maximum absolute atomic E-state index is 13.0. The zero-order valence-corrected chi connectivity index (χ0v) is 17.2. The van der Waals surface area contributed by atoms with Gasteiger partial charge in [0, 0.05) is 46.5 Å². The second kappa shape index (κ2) is 7.88. The van der Waals surface area contributed by atoms with Gasteiger partial charge in [0.05, 0.1) is 17.9 Å². The first-order chi connectivity index (χ1) is 15.2. The molecule has 0 fully saturated rings. The Bertz CT molecular complexity index is 1310. The number of hydrogen-bond acceptors (Lipinski definition) is 4. The third-order valence-corrected chi connectivity index (χ3v) is 5.21. The van der Waals surface area contributed by atoms with Crippen molar-refractivity contribution in [2.75, 3.05) is 0 Å². The molecule has 4 rings (SSSR count). The topological polar surface area (TPSA) is 86.2 Å². The number of aromatic amines is 2. The van der Waals surface area contributed by atoms with Gasteiger partial charge < -0.3 is 10.3 Å². The molecule has 4 heterocycles. The first-order valence-corrected chi connectivity index (χ1v) is 9.57. The zero-order valence-electron chi connectivity index (χ0n) is 17.2. The van der Waals surface area contributed by atoms with Crippen molar-refractivity contribution in [2.45, 2.75) is 19.1 Å². The molecule has 0 spiro atoms. The lowest BCUT2D eigenvalue weighted by atomic mass is 9.96. The number of pyridine rings is 1. The molecule has 0 unspecified atom stereocenters. The monoisotopic (exact) mass is 439 g/mol. The van der Waals surface area contributed by atoms with Gasteiger partial charge in [0.2, 0.25) is 0 Å². The number of hydrogen-bond donors (Lipinski definition) is 3. The fraction of sp³-hybridized carbons (Fsp3) is 0.136. The van der Waals surface area contributed by atoms with Gasteiger partial charge in [-0.2, -0.15) is 23.4 Å². The number of alkyl halides is 3. The second-order valence-electron chi connectivity index (χ2n) is 7.24. The van der Waals surface area contributed by atoms with E-state index < -0.39 is 12.2 Å². The smallest absolute Gasteiger partial charge is 0.374 e. The summed E-state index contributed by atoms with van der Waals surface area (Å²) < 4.78 is 40.5. The molecule has 164 valence electrons. The SMILES string of the molecule is C=Nc1[nH]cc(-c2ccn3ncc(C(=C)N[C@H](C)C(F)(F)F)c3c2)c1C(=C)c1cn[nH]c1. The number of nitrogens with zero attached hydrogens (tertiary/aromatic N) is 4. The molecule has 0 radical (unpaired) electrons. The molecule has 0 aliphatic carbocycles. The molecule has 0 saturated carbocycles. The summed E-state index contributed by atoms with van der Waals surface area (Å²) in [5.74, 6) is 0.546. The Morgan fingerprint density at radius 1 is 1.25 bits per heavy atom. The van der Waals surface area contributed by atoms with Crippen molar-refractivity contribution in [3.63, 3.8) is 0 Å². The minimum absolute atomic E-state index is 0.132. The van der Waals surface area contributed by atoms with Gasteiger partial charge in [-0.15, -0.1) is 0 Å². The van der Waals surface area contributed by atoms with Crippen LogP contribution in [-0.4, -0.2) is 43.7 Å². The van der Waals surface area contributed by atoms with E-state index in [0.29, 0.717) is 22.5 Å². The van der Waals surface area contributed by atoms with Crippen LogP contribution in [0.1, 0.15) is 23.6 Å². The average Bonchev–Trinajstić information content (AvgIpc) is 3.51. The lowest BCUT2D eigenvalue weighted by Gasteiger charge is -2.19. The minimum atomic E-state index is -4.39. The Hall–Kier alpha value is -4.08. The molecule has 0 aliphatic rings. The van der Waals surface area contributed by atoms with E-state index in [1.165, 1.54) is 6.20 Å². The lowest BCUT2D eigenvalue weighted by Crippen LogP contribution is -2.38. The van der Waals surface area contributed by atoms with Gasteiger partial charge in [0.25, 0.3) is 0 Å². The molecule has 0 aromatic carbocycles. The third kappa shape index (κ3) is 3.70. The lowest BCUT2D eigenvalue weighted by molar-refractivity contribution is -0.148. The molecular formula is C22H20F3N7. The van der Waals surface area contributed by atoms with Crippen molar-refractivity contribution in [3.8, 4) is 11.1 Å². The van der Waals surface area contributed by atoms with Crippen LogP contribution in [0.15, 0.2) is 61.3 Å². The highest BCUT2D eigenvalue weighted by Gasteiger charge is 2.36. The average molecular weight is 439 g/mol. The van der Waals surface area contributed by atoms with Crippen molar-refractivity contribution in [1.29, 1.82) is 0 Å². The van der Waals surface area contributed by atoms with Crippen molar-refractivity contribution >= 4 is 29.3 Å². The maximum Gasteiger partial charge on any atom is 0.408 e. The summed E-state index contributed by atoms with van der Waals surface area (Å²) in [6.07, 6.45) is 3.98. The Morgan fingerprint density at radius 2 is 2.03 bits per heavy atom. The Morgan fingerprint density at radius 3 is 2.69 bits per heavy atom. The highest BCUT2D eigenvalue weighted by atomic mass is 19.4. The van der Waals surface area contributed by atoms with Crippen LogP contribution in [0.4, 0.5) is 19.0 Å². The quantitative estimate of drug-likeness (QED) is 0.356. The van der Waals surface area contributed by atoms with Gasteiger partial charge in [-0.3, -0.25) is 5.10 Å². The van der Waals surface area contributed by atoms with Crippen molar-refractivity contribution in [1.82, 2.24) is 30.1 Å². The molecule has 7 nitrogen and oxygen atoms in total. The van der Waals surface area contributed by atoms with E-state index in [-0.39, 0.29) is 5.70 Å². The number of aromatic nitrogens is 5. The van der Waals surface area contributed by atoms with Gasteiger partial charge in [0.15, 0.2) is 0 Å². The number of H-pyrrole nitrogens is 2. The molecule has 32 heavy (non-hydrogen) atoms. The second-order valence-corrected chi connectivity index (χ2v) is 7.24. The highest BCUT2D eigenvalue weighted by molar-refractivity contribution is 5.93. The number of nitrogens with one attached hydrogen (secondary N) is 3. The van der Waals surface area contributed by atoms with Crippen LogP contribution in [0.5, 0.6) is 0 Å². The van der Waals surface area contributed by atoms with Crippen LogP contribution in [0.3, 0.4) is 0 Å². The molecule has 0 saturated heterocycles. The van der Waals surface area contributed by atoms with E-state index in [0.717, 1.165) is 29.2 Å². The first-order valence-electron chi connectivity index (χ1n) is 9.57. The summed E-state index contributed by atoms with van der Waals surface area (Å²) in [5.41, 5.74) is 5.02. The normalized spacial score (nSPS) is 12.6. The van der Waals surface area contributed by atoms with Crippen LogP contribution in [0, 0.1) is 0 Å². The summed E-state index contributed by atoms with van der Waals surface area (Å²) in [5, 5.41) is 13.4. The summed E-state index contributed by atoms with van der Waals surface area (Å²) in [6, 6.07) is 1.93. The van der Waals surface area contributed by atoms with Crippen LogP contribution < -0.4 is 5.32 Å². The first kappa shape index (κ1) is 21.2. The maximum atomic E-state index is 13.0. The molecule has 0 aliphatic heterocycles. The molecule has 1 atom stereocenters. The summed E-state index contributed by atoms with van der Waals surface area (Å²) in [4.78, 5) is 7.15. The largest absolute Gasteiger partial charge is 0.408 e. The van der Waals surface area contributed by atoms with Gasteiger partial charge >= 0.3 is 6.18 Å². The van der Waals surface area contributed by atoms with Gasteiger partial charge in [-0.25, -0.2) is 9.51 Å². The predicted octanol–water partition coefficient (Wildman–Crippen LogP) is 4.96. The van der Waals surface area contributed by atoms with Crippen LogP contribution in [-0.2, 0) is 0 Å². The third-order valence-electron chi connectivity index (χ3n) is 5.21. The van der Waals surface area contributed by atoms with E-state index in [2.05, 4.69) is 50.5 Å². The standard InChI is InChI=1S/C22H20F3N7/c1-12(16-8-28-29-9-16)20-18(10-27-21(20)26-4)15-5-6-32-19(7-15)17(11-30-32)13(2)31-14(3)22(23,24)25/h5-11,14,27,31H,1-2,4H2,3H3,(H,28,29)/t14-/m1/s1. The van der Waals surface area contributed by atoms with Crippen LogP contribution in [0.2, 0.25) is 0 Å². The Kier molecular flexibility index (Phi) is 5.21. The molecule has 10 heteroatoms. The predicted molar refractivity (Wildman–Crippen MR) is 119 cm³/mol. The highest BCUT2D eigenvalue weighted by Crippen LogP contribution is 2.38. The van der Waals surface area contributed by atoms with Gasteiger partial charge in [0.1, 0.15) is 11.9 Å². The van der Waals surface area contributed by atoms with E-state index in [1.807, 2.05) is 12.1 Å². The molecule has 3 N–H and O–H groups in total. The number of rotatable bonds is 7. The number of fused-ring (bicyclic) bond motifs is 1. The zero-order chi connectivity index (χ0) is 23.0. The van der Waals surface area contributed by atoms with Gasteiger partial charge in [-0.1, -0.05) is 13.2 Å². The number of aliphatic imine (C=N–C) groups is 1. The van der Waals surface area contributed by atoms with E-state index in [9.17, 15) is 13.2 Å². The van der Waals surface area contributed by atoms with Gasteiger partial charge in [-0.05, 0) is 36.9 Å². The molecule has 4 aromatic rings. The van der Waals surface area contributed by atoms with Crippen LogP contribution in [0.25, 0.3) is 27.9 Å². The summed E-state index contributed by atoms with van der Waals surface area (Å²) in [7, 11) is 0. The van der Waals surface area contributed by atoms with E-state index in [4.69, 9.17) is 0 Å². The minimum Gasteiger partial charge on any atom is -0.374 e. The molecule has 4 aromatic heterocycles. The van der Waals surface area contributed by atoms with E-state index >= 15 is 0 Å². The Labute approximate surface area is 181 Å². The molecule has 0 amide bonds. The fourth-order valence-corrected chi connectivity index (χ4v) is 3.43. The Balaban J connectivity index is 1.77. The number of halogens is 3. The fourth-order valence-electron chi connectivity index (χ4n) is 3.43. The van der Waals surface area contributed by atoms with Crippen LogP contribution >= 0.6 is 0 Å². The van der Waals surface area contributed by atoms with Crippen molar-refractivity contribution in [3.05, 3.63) is 73.0 Å². The van der Waals surface area contributed by atoms with E-state index in [1.54, 1.807) is 29.3 Å². The summed E-state index contributed by atoms with van der Waals surface area (Å²) >= 11 is 0.